The summed E-state index contributed by atoms with van der Waals surface area (Å²) in [7, 11) is 0. The summed E-state index contributed by atoms with van der Waals surface area (Å²) in [6.07, 6.45) is 2.09. The van der Waals surface area contributed by atoms with E-state index in [2.05, 4.69) is 0 Å². The maximum absolute atomic E-state index is 12.8. The van der Waals surface area contributed by atoms with E-state index in [-0.39, 0.29) is 42.6 Å². The Balaban J connectivity index is 0.00000243. The molecule has 2 unspecified atom stereocenters. The second-order valence-electron chi connectivity index (χ2n) is 7.05. The van der Waals surface area contributed by atoms with Crippen molar-refractivity contribution in [3.05, 3.63) is 28.2 Å². The number of carbonyl (C=O) groups excluding carboxylic acids is 2. The van der Waals surface area contributed by atoms with Crippen molar-refractivity contribution < 1.29 is 9.59 Å². The lowest BCUT2D eigenvalue weighted by atomic mass is 9.90. The summed E-state index contributed by atoms with van der Waals surface area (Å²) in [5, 5.41) is 0.950. The predicted octanol–water partition coefficient (Wildman–Crippen LogP) is 3.35. The van der Waals surface area contributed by atoms with Gasteiger partial charge in [-0.2, -0.15) is 0 Å². The van der Waals surface area contributed by atoms with Gasteiger partial charge >= 0.3 is 0 Å². The molecule has 1 aromatic rings. The Bertz CT molecular complexity index is 655. The van der Waals surface area contributed by atoms with Crippen molar-refractivity contribution in [2.75, 3.05) is 24.5 Å². The molecule has 0 aromatic heterocycles. The largest absolute Gasteiger partial charge is 0.342 e. The van der Waals surface area contributed by atoms with Gasteiger partial charge < -0.3 is 15.5 Å². The maximum atomic E-state index is 12.8. The molecule has 0 saturated carbocycles. The average molecular weight is 421 g/mol. The Morgan fingerprint density at radius 3 is 2.31 bits per heavy atom. The zero-order chi connectivity index (χ0) is 18.1. The Hall–Kier alpha value is -1.01. The molecule has 2 saturated heterocycles. The van der Waals surface area contributed by atoms with Crippen molar-refractivity contribution in [3.63, 3.8) is 0 Å². The SMILES string of the molecule is CC(N)C1CCN(C(=O)C2CC(=O)N(c3cc(Cl)cc(Cl)c3)C2)CC1.Cl. The normalized spacial score (nSPS) is 22.3. The van der Waals surface area contributed by atoms with Crippen molar-refractivity contribution in [1.29, 1.82) is 0 Å². The number of carbonyl (C=O) groups is 2. The molecule has 0 bridgehead atoms. The Morgan fingerprint density at radius 2 is 1.77 bits per heavy atom. The smallest absolute Gasteiger partial charge is 0.228 e. The minimum atomic E-state index is -0.308. The van der Waals surface area contributed by atoms with Crippen molar-refractivity contribution >= 4 is 53.1 Å². The molecule has 1 aromatic carbocycles. The number of benzene rings is 1. The molecular weight excluding hydrogens is 397 g/mol. The van der Waals surface area contributed by atoms with E-state index in [1.165, 1.54) is 0 Å². The number of nitrogens with zero attached hydrogens (tertiary/aromatic N) is 2. The van der Waals surface area contributed by atoms with E-state index in [4.69, 9.17) is 28.9 Å². The van der Waals surface area contributed by atoms with Crippen LogP contribution in [0.3, 0.4) is 0 Å². The number of amides is 2. The van der Waals surface area contributed by atoms with Gasteiger partial charge in [0.2, 0.25) is 11.8 Å². The van der Waals surface area contributed by atoms with Gasteiger partial charge in [-0.05, 0) is 43.9 Å². The van der Waals surface area contributed by atoms with E-state index in [1.807, 2.05) is 11.8 Å². The average Bonchev–Trinajstić information content (AvgIpc) is 2.95. The van der Waals surface area contributed by atoms with Gasteiger partial charge in [0.05, 0.1) is 5.92 Å². The van der Waals surface area contributed by atoms with E-state index in [0.717, 1.165) is 25.9 Å². The van der Waals surface area contributed by atoms with E-state index in [0.29, 0.717) is 28.2 Å². The van der Waals surface area contributed by atoms with Crippen molar-refractivity contribution in [2.45, 2.75) is 32.2 Å². The minimum absolute atomic E-state index is 0. The number of hydrogen-bond acceptors (Lipinski definition) is 3. The van der Waals surface area contributed by atoms with Crippen LogP contribution < -0.4 is 10.6 Å². The Kier molecular flexibility index (Phi) is 7.19. The van der Waals surface area contributed by atoms with Crippen LogP contribution >= 0.6 is 35.6 Å². The van der Waals surface area contributed by atoms with Crippen LogP contribution in [0.4, 0.5) is 5.69 Å². The lowest BCUT2D eigenvalue weighted by Crippen LogP contribution is -2.45. The van der Waals surface area contributed by atoms with E-state index >= 15 is 0 Å². The molecule has 144 valence electrons. The third kappa shape index (κ3) is 4.63. The predicted molar refractivity (Wildman–Crippen MR) is 107 cm³/mol. The summed E-state index contributed by atoms with van der Waals surface area (Å²) in [5.41, 5.74) is 6.61. The van der Waals surface area contributed by atoms with E-state index in [1.54, 1.807) is 23.1 Å². The maximum Gasteiger partial charge on any atom is 0.228 e. The summed E-state index contributed by atoms with van der Waals surface area (Å²) in [4.78, 5) is 28.7. The first-order valence-electron chi connectivity index (χ1n) is 8.66. The van der Waals surface area contributed by atoms with Crippen LogP contribution in [0, 0.1) is 11.8 Å². The molecule has 3 rings (SSSR count). The molecule has 2 aliphatic rings. The van der Waals surface area contributed by atoms with Gasteiger partial charge in [0.15, 0.2) is 0 Å². The molecule has 26 heavy (non-hydrogen) atoms. The molecule has 2 aliphatic heterocycles. The van der Waals surface area contributed by atoms with Crippen LogP contribution in [0.25, 0.3) is 0 Å². The first-order chi connectivity index (χ1) is 11.8. The van der Waals surface area contributed by atoms with Gasteiger partial charge in [-0.25, -0.2) is 0 Å². The fraction of sp³-hybridized carbons (Fsp3) is 0.556. The number of hydrogen-bond donors (Lipinski definition) is 1. The topological polar surface area (TPSA) is 66.6 Å². The zero-order valence-electron chi connectivity index (χ0n) is 14.7. The number of likely N-dealkylation sites (tertiary alicyclic amines) is 1. The highest BCUT2D eigenvalue weighted by atomic mass is 35.5. The molecule has 2 amide bonds. The number of nitrogens with two attached hydrogens (primary N) is 1. The van der Waals surface area contributed by atoms with Crippen molar-refractivity contribution in [1.82, 2.24) is 4.90 Å². The summed E-state index contributed by atoms with van der Waals surface area (Å²) < 4.78 is 0. The van der Waals surface area contributed by atoms with Gasteiger partial charge in [0.1, 0.15) is 0 Å². The highest BCUT2D eigenvalue weighted by molar-refractivity contribution is 6.35. The zero-order valence-corrected chi connectivity index (χ0v) is 17.0. The lowest BCUT2D eigenvalue weighted by Gasteiger charge is -2.35. The molecule has 2 atom stereocenters. The van der Waals surface area contributed by atoms with E-state index in [9.17, 15) is 9.59 Å². The van der Waals surface area contributed by atoms with Gasteiger partial charge in [-0.15, -0.1) is 12.4 Å². The molecule has 0 aliphatic carbocycles. The third-order valence-electron chi connectivity index (χ3n) is 5.23. The number of piperidine rings is 1. The number of halogens is 3. The van der Waals surface area contributed by atoms with Crippen LogP contribution in [-0.2, 0) is 9.59 Å². The number of anilines is 1. The molecule has 2 N–H and O–H groups in total. The quantitative estimate of drug-likeness (QED) is 0.815. The minimum Gasteiger partial charge on any atom is -0.342 e. The van der Waals surface area contributed by atoms with Crippen LogP contribution in [-0.4, -0.2) is 42.4 Å². The highest BCUT2D eigenvalue weighted by Crippen LogP contribution is 2.31. The molecule has 5 nitrogen and oxygen atoms in total. The van der Waals surface area contributed by atoms with Gasteiger partial charge in [-0.1, -0.05) is 23.2 Å². The highest BCUT2D eigenvalue weighted by Gasteiger charge is 2.38. The molecule has 8 heteroatoms. The third-order valence-corrected chi connectivity index (χ3v) is 5.66. The van der Waals surface area contributed by atoms with Gasteiger partial charge in [-0.3, -0.25) is 9.59 Å². The van der Waals surface area contributed by atoms with Gasteiger partial charge in [0.25, 0.3) is 0 Å². The fourth-order valence-corrected chi connectivity index (χ4v) is 4.24. The number of rotatable bonds is 3. The van der Waals surface area contributed by atoms with E-state index < -0.39 is 0 Å². The second-order valence-corrected chi connectivity index (χ2v) is 7.93. The first kappa shape index (κ1) is 21.3. The second kappa shape index (κ2) is 8.79. The van der Waals surface area contributed by atoms with Crippen LogP contribution in [0.1, 0.15) is 26.2 Å². The summed E-state index contributed by atoms with van der Waals surface area (Å²) in [5.74, 6) is 0.158. The standard InChI is InChI=1S/C18H23Cl2N3O2.ClH/c1-11(21)12-2-4-22(5-3-12)18(25)13-6-17(24)23(10-13)16-8-14(19)7-15(20)9-16;/h7-9,11-13H,2-6,10,21H2,1H3;1H. The summed E-state index contributed by atoms with van der Waals surface area (Å²) >= 11 is 12.1. The molecule has 0 spiro atoms. The van der Waals surface area contributed by atoms with Crippen LogP contribution in [0.2, 0.25) is 10.0 Å². The lowest BCUT2D eigenvalue weighted by molar-refractivity contribution is -0.137. The Labute approximate surface area is 170 Å². The monoisotopic (exact) mass is 419 g/mol. The summed E-state index contributed by atoms with van der Waals surface area (Å²) in [6.45, 7) is 3.84. The fourth-order valence-electron chi connectivity index (χ4n) is 3.72. The van der Waals surface area contributed by atoms with Gasteiger partial charge in [0, 0.05) is 47.8 Å². The van der Waals surface area contributed by atoms with Crippen molar-refractivity contribution in [3.8, 4) is 0 Å². The molecule has 0 radical (unpaired) electrons. The van der Waals surface area contributed by atoms with Crippen LogP contribution in [0.5, 0.6) is 0 Å². The van der Waals surface area contributed by atoms with Crippen molar-refractivity contribution in [2.24, 2.45) is 17.6 Å². The molecule has 2 heterocycles. The molecule has 2 fully saturated rings. The van der Waals surface area contributed by atoms with Crippen LogP contribution in [0.15, 0.2) is 18.2 Å². The Morgan fingerprint density at radius 1 is 1.19 bits per heavy atom. The first-order valence-corrected chi connectivity index (χ1v) is 9.41. The summed E-state index contributed by atoms with van der Waals surface area (Å²) in [6, 6.07) is 5.19. The molecular formula is C18H24Cl3N3O2.